The highest BCUT2D eigenvalue weighted by Crippen LogP contribution is 2.39. The summed E-state index contributed by atoms with van der Waals surface area (Å²) in [7, 11) is 0. The second-order valence-electron chi connectivity index (χ2n) is 4.68. The van der Waals surface area contributed by atoms with Crippen LogP contribution in [0.5, 0.6) is 0 Å². The first-order valence-electron chi connectivity index (χ1n) is 5.67. The average molecular weight is 207 g/mol. The van der Waals surface area contributed by atoms with Crippen molar-refractivity contribution in [2.75, 3.05) is 0 Å². The topological polar surface area (TPSA) is 46.2 Å². The van der Waals surface area contributed by atoms with Crippen LogP contribution in [0.2, 0.25) is 0 Å². The number of hydrogen-bond acceptors (Lipinski definition) is 2. The SMILES string of the molecule is C[C@]1(C2=CCCCC2)CCC(=O)NC1=O. The number of rotatable bonds is 1. The molecule has 1 heterocycles. The van der Waals surface area contributed by atoms with Crippen molar-refractivity contribution in [2.24, 2.45) is 5.41 Å². The Morgan fingerprint density at radius 2 is 2.07 bits per heavy atom. The Bertz CT molecular complexity index is 333. The first-order chi connectivity index (χ1) is 7.13. The lowest BCUT2D eigenvalue weighted by Crippen LogP contribution is -2.48. The highest BCUT2D eigenvalue weighted by atomic mass is 16.2. The third-order valence-electron chi connectivity index (χ3n) is 3.61. The van der Waals surface area contributed by atoms with Gasteiger partial charge in [-0.1, -0.05) is 11.6 Å². The number of carbonyl (C=O) groups is 2. The molecular formula is C12H17NO2. The number of nitrogens with one attached hydrogen (secondary N) is 1. The third-order valence-corrected chi connectivity index (χ3v) is 3.61. The minimum absolute atomic E-state index is 0.105. The van der Waals surface area contributed by atoms with E-state index in [1.807, 2.05) is 6.92 Å². The van der Waals surface area contributed by atoms with E-state index in [-0.39, 0.29) is 11.8 Å². The average Bonchev–Trinajstić information content (AvgIpc) is 2.25. The molecule has 0 bridgehead atoms. The molecule has 2 amide bonds. The largest absolute Gasteiger partial charge is 0.296 e. The molecule has 0 unspecified atom stereocenters. The minimum atomic E-state index is -0.422. The molecule has 0 spiro atoms. The molecule has 1 N–H and O–H groups in total. The van der Waals surface area contributed by atoms with Gasteiger partial charge in [-0.25, -0.2) is 0 Å². The van der Waals surface area contributed by atoms with E-state index in [0.29, 0.717) is 12.8 Å². The molecular weight excluding hydrogens is 190 g/mol. The van der Waals surface area contributed by atoms with Gasteiger partial charge in [0, 0.05) is 6.42 Å². The van der Waals surface area contributed by atoms with Gasteiger partial charge in [-0.3, -0.25) is 14.9 Å². The lowest BCUT2D eigenvalue weighted by atomic mass is 9.72. The van der Waals surface area contributed by atoms with Crippen LogP contribution in [0.3, 0.4) is 0 Å². The fourth-order valence-corrected chi connectivity index (χ4v) is 2.45. The summed E-state index contributed by atoms with van der Waals surface area (Å²) in [5.41, 5.74) is 0.813. The zero-order chi connectivity index (χ0) is 10.9. The molecule has 1 aliphatic heterocycles. The Hall–Kier alpha value is -1.12. The molecule has 82 valence electrons. The van der Waals surface area contributed by atoms with E-state index in [1.165, 1.54) is 18.4 Å². The highest BCUT2D eigenvalue weighted by molar-refractivity contribution is 6.01. The Morgan fingerprint density at radius 1 is 1.27 bits per heavy atom. The maximum atomic E-state index is 11.9. The predicted octanol–water partition coefficient (Wildman–Crippen LogP) is 1.93. The maximum absolute atomic E-state index is 11.9. The Balaban J connectivity index is 2.21. The summed E-state index contributed by atoms with van der Waals surface area (Å²) in [5, 5.41) is 2.45. The van der Waals surface area contributed by atoms with Crippen LogP contribution in [0, 0.1) is 5.41 Å². The maximum Gasteiger partial charge on any atom is 0.236 e. The quantitative estimate of drug-likeness (QED) is 0.527. The number of allylic oxidation sites excluding steroid dienone is 1. The second kappa shape index (κ2) is 3.80. The van der Waals surface area contributed by atoms with Crippen molar-refractivity contribution in [3.8, 4) is 0 Å². The number of imide groups is 1. The van der Waals surface area contributed by atoms with Crippen molar-refractivity contribution in [3.63, 3.8) is 0 Å². The Morgan fingerprint density at radius 3 is 2.67 bits per heavy atom. The summed E-state index contributed by atoms with van der Waals surface area (Å²) in [5.74, 6) is -0.235. The van der Waals surface area contributed by atoms with Crippen LogP contribution in [0.1, 0.15) is 45.4 Å². The van der Waals surface area contributed by atoms with Crippen molar-refractivity contribution < 1.29 is 9.59 Å². The third kappa shape index (κ3) is 1.83. The van der Waals surface area contributed by atoms with Crippen LogP contribution in [0.15, 0.2) is 11.6 Å². The van der Waals surface area contributed by atoms with Gasteiger partial charge in [0.25, 0.3) is 0 Å². The number of amides is 2. The van der Waals surface area contributed by atoms with Crippen LogP contribution in [-0.2, 0) is 9.59 Å². The normalized spacial score (nSPS) is 32.2. The summed E-state index contributed by atoms with van der Waals surface area (Å²) in [6, 6.07) is 0. The first kappa shape index (κ1) is 10.4. The molecule has 1 fully saturated rings. The summed E-state index contributed by atoms with van der Waals surface area (Å²) in [6.45, 7) is 1.96. The molecule has 0 aromatic heterocycles. The zero-order valence-corrected chi connectivity index (χ0v) is 9.14. The standard InChI is InChI=1S/C12H17NO2/c1-12(9-5-3-2-4-6-9)8-7-10(14)13-11(12)15/h5H,2-4,6-8H2,1H3,(H,13,14,15)/t12-/m1/s1. The van der Waals surface area contributed by atoms with E-state index in [4.69, 9.17) is 0 Å². The molecule has 1 saturated heterocycles. The summed E-state index contributed by atoms with van der Waals surface area (Å²) in [6.07, 6.45) is 7.81. The summed E-state index contributed by atoms with van der Waals surface area (Å²) in [4.78, 5) is 22.9. The van der Waals surface area contributed by atoms with E-state index >= 15 is 0 Å². The molecule has 3 heteroatoms. The van der Waals surface area contributed by atoms with Crippen molar-refractivity contribution in [1.29, 1.82) is 0 Å². The molecule has 0 radical (unpaired) electrons. The molecule has 0 aromatic carbocycles. The Labute approximate surface area is 89.9 Å². The van der Waals surface area contributed by atoms with Crippen LogP contribution in [0.25, 0.3) is 0 Å². The fraction of sp³-hybridized carbons (Fsp3) is 0.667. The van der Waals surface area contributed by atoms with Crippen molar-refractivity contribution >= 4 is 11.8 Å². The lowest BCUT2D eigenvalue weighted by molar-refractivity contribution is -0.139. The monoisotopic (exact) mass is 207 g/mol. The zero-order valence-electron chi connectivity index (χ0n) is 9.14. The molecule has 0 saturated carbocycles. The van der Waals surface area contributed by atoms with Gasteiger partial charge in [0.2, 0.25) is 11.8 Å². The summed E-state index contributed by atoms with van der Waals surface area (Å²) >= 11 is 0. The Kier molecular flexibility index (Phi) is 2.63. The van der Waals surface area contributed by atoms with E-state index in [0.717, 1.165) is 12.8 Å². The van der Waals surface area contributed by atoms with E-state index in [2.05, 4.69) is 11.4 Å². The van der Waals surface area contributed by atoms with Gasteiger partial charge in [-0.15, -0.1) is 0 Å². The van der Waals surface area contributed by atoms with Gasteiger partial charge < -0.3 is 0 Å². The minimum Gasteiger partial charge on any atom is -0.296 e. The highest BCUT2D eigenvalue weighted by Gasteiger charge is 2.41. The van der Waals surface area contributed by atoms with E-state index in [1.54, 1.807) is 0 Å². The lowest BCUT2D eigenvalue weighted by Gasteiger charge is -2.35. The van der Waals surface area contributed by atoms with Gasteiger partial charge >= 0.3 is 0 Å². The number of piperidine rings is 1. The van der Waals surface area contributed by atoms with Crippen LogP contribution < -0.4 is 5.32 Å². The van der Waals surface area contributed by atoms with Gasteiger partial charge in [-0.05, 0) is 39.0 Å². The molecule has 3 nitrogen and oxygen atoms in total. The predicted molar refractivity (Wildman–Crippen MR) is 57.0 cm³/mol. The van der Waals surface area contributed by atoms with Crippen LogP contribution in [-0.4, -0.2) is 11.8 Å². The van der Waals surface area contributed by atoms with E-state index < -0.39 is 5.41 Å². The first-order valence-corrected chi connectivity index (χ1v) is 5.67. The van der Waals surface area contributed by atoms with E-state index in [9.17, 15) is 9.59 Å². The fourth-order valence-electron chi connectivity index (χ4n) is 2.45. The molecule has 0 aromatic rings. The van der Waals surface area contributed by atoms with Gasteiger partial charge in [0.05, 0.1) is 5.41 Å². The van der Waals surface area contributed by atoms with Crippen molar-refractivity contribution in [1.82, 2.24) is 5.32 Å². The smallest absolute Gasteiger partial charge is 0.236 e. The van der Waals surface area contributed by atoms with Gasteiger partial charge in [0.1, 0.15) is 0 Å². The van der Waals surface area contributed by atoms with Gasteiger partial charge in [0.15, 0.2) is 0 Å². The van der Waals surface area contributed by atoms with Crippen LogP contribution >= 0.6 is 0 Å². The van der Waals surface area contributed by atoms with Gasteiger partial charge in [-0.2, -0.15) is 0 Å². The number of hydrogen-bond donors (Lipinski definition) is 1. The molecule has 2 rings (SSSR count). The molecule has 1 atom stereocenters. The molecule has 1 aliphatic carbocycles. The number of carbonyl (C=O) groups excluding carboxylic acids is 2. The summed E-state index contributed by atoms with van der Waals surface area (Å²) < 4.78 is 0. The van der Waals surface area contributed by atoms with Crippen molar-refractivity contribution in [3.05, 3.63) is 11.6 Å². The molecule has 15 heavy (non-hydrogen) atoms. The second-order valence-corrected chi connectivity index (χ2v) is 4.68. The van der Waals surface area contributed by atoms with Crippen molar-refractivity contribution in [2.45, 2.75) is 45.4 Å². The molecule has 2 aliphatic rings. The van der Waals surface area contributed by atoms with Crippen LogP contribution in [0.4, 0.5) is 0 Å².